The maximum atomic E-state index is 12.2. The van der Waals surface area contributed by atoms with Gasteiger partial charge in [0.25, 0.3) is 0 Å². The molecule has 0 spiro atoms. The van der Waals surface area contributed by atoms with Crippen molar-refractivity contribution in [2.45, 2.75) is 45.6 Å². The minimum atomic E-state index is 0.142. The van der Waals surface area contributed by atoms with Gasteiger partial charge >= 0.3 is 0 Å². The first kappa shape index (κ1) is 14.8. The number of nitrogens with zero attached hydrogens (tertiary/aromatic N) is 3. The zero-order chi connectivity index (χ0) is 14.4. The minimum Gasteiger partial charge on any atom is -0.355 e. The molecule has 0 aliphatic carbocycles. The molecule has 1 amide bonds. The van der Waals surface area contributed by atoms with E-state index in [0.29, 0.717) is 6.04 Å². The van der Waals surface area contributed by atoms with E-state index in [4.69, 9.17) is 0 Å². The maximum absolute atomic E-state index is 12.2. The Morgan fingerprint density at radius 1 is 1.35 bits per heavy atom. The molecule has 1 aliphatic heterocycles. The van der Waals surface area contributed by atoms with Crippen LogP contribution in [-0.2, 0) is 4.79 Å². The highest BCUT2D eigenvalue weighted by Gasteiger charge is 2.26. The Kier molecular flexibility index (Phi) is 5.32. The molecule has 0 bridgehead atoms. The number of hydrogen-bond donors (Lipinski definition) is 1. The second-order valence-electron chi connectivity index (χ2n) is 5.35. The van der Waals surface area contributed by atoms with Crippen LogP contribution in [0.2, 0.25) is 0 Å². The molecule has 0 radical (unpaired) electrons. The summed E-state index contributed by atoms with van der Waals surface area (Å²) in [5.74, 6) is 1.27. The fourth-order valence-electron chi connectivity index (χ4n) is 2.64. The average molecular weight is 276 g/mol. The smallest absolute Gasteiger partial charge is 0.223 e. The van der Waals surface area contributed by atoms with Crippen molar-refractivity contribution in [2.24, 2.45) is 5.92 Å². The van der Waals surface area contributed by atoms with E-state index in [2.05, 4.69) is 34.0 Å². The van der Waals surface area contributed by atoms with Gasteiger partial charge in [0.15, 0.2) is 0 Å². The van der Waals surface area contributed by atoms with E-state index in [1.54, 1.807) is 18.6 Å². The molecule has 0 atom stereocenters. The molecule has 1 saturated heterocycles. The third kappa shape index (κ3) is 3.68. The molecule has 110 valence electrons. The van der Waals surface area contributed by atoms with Crippen molar-refractivity contribution in [3.8, 4) is 0 Å². The molecule has 1 aliphatic rings. The topological polar surface area (TPSA) is 58.1 Å². The Hall–Kier alpha value is -1.65. The summed E-state index contributed by atoms with van der Waals surface area (Å²) < 4.78 is 0. The van der Waals surface area contributed by atoms with E-state index < -0.39 is 0 Å². The van der Waals surface area contributed by atoms with Gasteiger partial charge in [-0.3, -0.25) is 9.78 Å². The summed E-state index contributed by atoms with van der Waals surface area (Å²) in [4.78, 5) is 22.8. The molecule has 0 aromatic carbocycles. The molecular formula is C15H24N4O. The highest BCUT2D eigenvalue weighted by molar-refractivity contribution is 5.79. The fourth-order valence-corrected chi connectivity index (χ4v) is 2.64. The summed E-state index contributed by atoms with van der Waals surface area (Å²) in [6, 6.07) is 0.320. The Bertz CT molecular complexity index is 411. The van der Waals surface area contributed by atoms with Crippen LogP contribution in [0.15, 0.2) is 18.6 Å². The van der Waals surface area contributed by atoms with Crippen molar-refractivity contribution < 1.29 is 4.79 Å². The van der Waals surface area contributed by atoms with Crippen LogP contribution < -0.4 is 10.2 Å². The van der Waals surface area contributed by atoms with Crippen molar-refractivity contribution in [1.82, 2.24) is 15.3 Å². The Morgan fingerprint density at radius 2 is 2.05 bits per heavy atom. The highest BCUT2D eigenvalue weighted by atomic mass is 16.1. The molecule has 5 heteroatoms. The van der Waals surface area contributed by atoms with Gasteiger partial charge in [-0.15, -0.1) is 0 Å². The van der Waals surface area contributed by atoms with Crippen molar-refractivity contribution >= 4 is 11.7 Å². The Morgan fingerprint density at radius 3 is 2.60 bits per heavy atom. The number of anilines is 1. The van der Waals surface area contributed by atoms with Gasteiger partial charge in [-0.1, -0.05) is 13.8 Å². The average Bonchev–Trinajstić information content (AvgIpc) is 2.53. The molecule has 5 nitrogen and oxygen atoms in total. The van der Waals surface area contributed by atoms with E-state index >= 15 is 0 Å². The van der Waals surface area contributed by atoms with Crippen molar-refractivity contribution in [2.75, 3.05) is 18.0 Å². The normalized spacial score (nSPS) is 16.4. The number of rotatable bonds is 5. The first-order valence-corrected chi connectivity index (χ1v) is 7.55. The summed E-state index contributed by atoms with van der Waals surface area (Å²) in [6.07, 6.45) is 8.96. The summed E-state index contributed by atoms with van der Waals surface area (Å²) in [5.41, 5.74) is 0. The van der Waals surface area contributed by atoms with Crippen LogP contribution in [0, 0.1) is 5.92 Å². The summed E-state index contributed by atoms with van der Waals surface area (Å²) in [7, 11) is 0. The predicted octanol–water partition coefficient (Wildman–Crippen LogP) is 2.00. The van der Waals surface area contributed by atoms with E-state index in [0.717, 1.165) is 44.6 Å². The lowest BCUT2D eigenvalue weighted by molar-refractivity contribution is -0.126. The van der Waals surface area contributed by atoms with Crippen LogP contribution in [0.5, 0.6) is 0 Å². The molecule has 0 unspecified atom stereocenters. The van der Waals surface area contributed by atoms with Crippen molar-refractivity contribution in [3.05, 3.63) is 18.6 Å². The van der Waals surface area contributed by atoms with Crippen LogP contribution in [-0.4, -0.2) is 35.0 Å². The minimum absolute atomic E-state index is 0.142. The van der Waals surface area contributed by atoms with E-state index in [9.17, 15) is 4.79 Å². The van der Waals surface area contributed by atoms with E-state index in [-0.39, 0.29) is 11.8 Å². The van der Waals surface area contributed by atoms with Crippen molar-refractivity contribution in [3.63, 3.8) is 0 Å². The molecule has 1 N–H and O–H groups in total. The number of carbonyl (C=O) groups is 1. The lowest BCUT2D eigenvalue weighted by atomic mass is 9.95. The third-order valence-electron chi connectivity index (χ3n) is 4.07. The van der Waals surface area contributed by atoms with Crippen LogP contribution in [0.4, 0.5) is 5.82 Å². The first-order valence-electron chi connectivity index (χ1n) is 7.55. The lowest BCUT2D eigenvalue weighted by Gasteiger charge is -2.32. The van der Waals surface area contributed by atoms with E-state index in [1.165, 1.54) is 0 Å². The molecule has 1 aromatic heterocycles. The monoisotopic (exact) mass is 276 g/mol. The number of piperidine rings is 1. The molecule has 2 heterocycles. The zero-order valence-electron chi connectivity index (χ0n) is 12.4. The fraction of sp³-hybridized carbons (Fsp3) is 0.667. The summed E-state index contributed by atoms with van der Waals surface area (Å²) >= 11 is 0. The summed E-state index contributed by atoms with van der Waals surface area (Å²) in [5, 5.41) is 3.16. The van der Waals surface area contributed by atoms with Gasteiger partial charge in [0.05, 0.1) is 6.20 Å². The SMILES string of the molecule is CCC(CC)NC(=O)C1CCN(c2cnccn2)CC1. The van der Waals surface area contributed by atoms with Gasteiger partial charge in [0.1, 0.15) is 5.82 Å². The quantitative estimate of drug-likeness (QED) is 0.893. The lowest BCUT2D eigenvalue weighted by Crippen LogP contribution is -2.43. The largest absolute Gasteiger partial charge is 0.355 e. The number of aromatic nitrogens is 2. The number of carbonyl (C=O) groups excluding carboxylic acids is 1. The number of nitrogens with one attached hydrogen (secondary N) is 1. The van der Waals surface area contributed by atoms with Gasteiger partial charge in [-0.25, -0.2) is 4.98 Å². The molecule has 0 saturated carbocycles. The van der Waals surface area contributed by atoms with Gasteiger partial charge in [0.2, 0.25) is 5.91 Å². The second kappa shape index (κ2) is 7.22. The van der Waals surface area contributed by atoms with Gasteiger partial charge in [0, 0.05) is 37.4 Å². The van der Waals surface area contributed by atoms with Crippen molar-refractivity contribution in [1.29, 1.82) is 0 Å². The van der Waals surface area contributed by atoms with Crippen LogP contribution in [0.25, 0.3) is 0 Å². The Balaban J connectivity index is 1.83. The second-order valence-corrected chi connectivity index (χ2v) is 5.35. The van der Waals surface area contributed by atoms with E-state index in [1.807, 2.05) is 0 Å². The molecule has 1 fully saturated rings. The van der Waals surface area contributed by atoms with Crippen LogP contribution >= 0.6 is 0 Å². The maximum Gasteiger partial charge on any atom is 0.223 e. The predicted molar refractivity (Wildman–Crippen MR) is 79.5 cm³/mol. The Labute approximate surface area is 120 Å². The van der Waals surface area contributed by atoms with Crippen LogP contribution in [0.3, 0.4) is 0 Å². The van der Waals surface area contributed by atoms with Gasteiger partial charge in [-0.05, 0) is 25.7 Å². The highest BCUT2D eigenvalue weighted by Crippen LogP contribution is 2.21. The van der Waals surface area contributed by atoms with Crippen LogP contribution in [0.1, 0.15) is 39.5 Å². The first-order chi connectivity index (χ1) is 9.74. The third-order valence-corrected chi connectivity index (χ3v) is 4.07. The zero-order valence-corrected chi connectivity index (χ0v) is 12.4. The number of hydrogen-bond acceptors (Lipinski definition) is 4. The molecule has 20 heavy (non-hydrogen) atoms. The number of amides is 1. The summed E-state index contributed by atoms with van der Waals surface area (Å²) in [6.45, 7) is 5.98. The van der Waals surface area contributed by atoms with Gasteiger partial charge < -0.3 is 10.2 Å². The molecular weight excluding hydrogens is 252 g/mol. The molecule has 1 aromatic rings. The van der Waals surface area contributed by atoms with Gasteiger partial charge in [-0.2, -0.15) is 0 Å². The molecule has 2 rings (SSSR count). The standard InChI is InChI=1S/C15H24N4O/c1-3-13(4-2)18-15(20)12-5-9-19(10-6-12)14-11-16-7-8-17-14/h7-8,11-13H,3-6,9-10H2,1-2H3,(H,18,20).